The van der Waals surface area contributed by atoms with Crippen molar-refractivity contribution in [3.05, 3.63) is 70.6 Å². The molecule has 1 aliphatic carbocycles. The normalized spacial score (nSPS) is 24.1. The number of allylic oxidation sites excluding steroid dienone is 2. The second kappa shape index (κ2) is 12.8. The minimum Gasteiger partial charge on any atom is -0.505 e. The van der Waals surface area contributed by atoms with Crippen molar-refractivity contribution in [3.63, 3.8) is 0 Å². The predicted octanol–water partition coefficient (Wildman–Crippen LogP) is 3.83. The Bertz CT molecular complexity index is 1460. The summed E-state index contributed by atoms with van der Waals surface area (Å²) in [6.45, 7) is 6.19. The molecule has 5 rings (SSSR count). The van der Waals surface area contributed by atoms with Crippen molar-refractivity contribution in [1.29, 1.82) is 0 Å². The predicted molar refractivity (Wildman–Crippen MR) is 164 cm³/mol. The molecule has 2 saturated heterocycles. The molecular weight excluding hydrogens is 551 g/mol. The van der Waals surface area contributed by atoms with E-state index in [0.29, 0.717) is 30.5 Å². The van der Waals surface area contributed by atoms with E-state index in [4.69, 9.17) is 4.65 Å². The van der Waals surface area contributed by atoms with Crippen LogP contribution in [0.4, 0.5) is 10.1 Å². The van der Waals surface area contributed by atoms with Gasteiger partial charge in [0.25, 0.3) is 0 Å². The molecule has 3 aliphatic rings. The number of phenolic OH excluding ortho intramolecular Hbond substituents is 1. The molecule has 2 aromatic rings. The minimum atomic E-state index is -1.73. The maximum atomic E-state index is 14.0. The number of nitrogens with zero attached hydrogens (tertiary/aromatic N) is 1. The molecule has 4 atom stereocenters. The Balaban J connectivity index is 1.45. The topological polar surface area (TPSA) is 128 Å². The summed E-state index contributed by atoms with van der Waals surface area (Å²) in [5.41, 5.74) is 4.28. The number of aromatic hydroxyl groups is 1. The number of fused-ring (bicyclic) bond motifs is 3. The van der Waals surface area contributed by atoms with Gasteiger partial charge in [0, 0.05) is 0 Å². The number of carbonyl (C=O) groups is 2. The van der Waals surface area contributed by atoms with E-state index >= 15 is 0 Å². The monoisotopic (exact) mass is 589 g/mol. The molecule has 0 aromatic heterocycles. The van der Waals surface area contributed by atoms with Crippen LogP contribution in [0.2, 0.25) is 6.32 Å². The number of amides is 2. The van der Waals surface area contributed by atoms with E-state index in [9.17, 15) is 34.2 Å². The summed E-state index contributed by atoms with van der Waals surface area (Å²) in [4.78, 5) is 28.9. The zero-order valence-corrected chi connectivity index (χ0v) is 24.7. The van der Waals surface area contributed by atoms with Crippen LogP contribution in [0.1, 0.15) is 58.4 Å². The van der Waals surface area contributed by atoms with Gasteiger partial charge in [-0.3, -0.25) is 14.5 Å². The Morgan fingerprint density at radius 1 is 1.14 bits per heavy atom. The van der Waals surface area contributed by atoms with Crippen LogP contribution in [-0.2, 0) is 14.2 Å². The third-order valence-corrected chi connectivity index (χ3v) is 9.01. The minimum absolute atomic E-state index is 0.0928. The van der Waals surface area contributed by atoms with E-state index in [1.807, 2.05) is 6.08 Å². The lowest BCUT2D eigenvalue weighted by atomic mass is 9.57. The molecule has 0 bridgehead atoms. The van der Waals surface area contributed by atoms with Crippen molar-refractivity contribution >= 4 is 43.3 Å². The van der Waals surface area contributed by atoms with Gasteiger partial charge in [0.1, 0.15) is 0 Å². The molecule has 2 fully saturated rings. The molecule has 0 radical (unpaired) electrons. The molecule has 11 heteroatoms. The number of halogens is 1. The quantitative estimate of drug-likeness (QED) is 0.199. The molecule has 2 heterocycles. The maximum Gasteiger partial charge on any atom is 0.488 e. The van der Waals surface area contributed by atoms with E-state index in [1.54, 1.807) is 18.2 Å². The summed E-state index contributed by atoms with van der Waals surface area (Å²) in [6, 6.07) is 10.4. The molecule has 2 aliphatic heterocycles. The first-order chi connectivity index (χ1) is 20.5. The number of benzene rings is 2. The zero-order chi connectivity index (χ0) is 31.0. The highest BCUT2D eigenvalue weighted by molar-refractivity contribution is 6.58. The van der Waals surface area contributed by atoms with Crippen LogP contribution in [0, 0.1) is 29.5 Å². The third-order valence-electron chi connectivity index (χ3n) is 9.01. The van der Waals surface area contributed by atoms with Crippen molar-refractivity contribution in [1.82, 2.24) is 0 Å². The van der Waals surface area contributed by atoms with Gasteiger partial charge in [0.15, 0.2) is 11.6 Å². The molecule has 226 valence electrons. The average Bonchev–Trinajstić information content (AvgIpc) is 3.22. The van der Waals surface area contributed by atoms with Gasteiger partial charge in [0.05, 0.1) is 23.6 Å². The van der Waals surface area contributed by atoms with E-state index in [2.05, 4.69) is 20.8 Å². The second-order valence-electron chi connectivity index (χ2n) is 12.2. The largest absolute Gasteiger partial charge is 0.505 e. The molecule has 43 heavy (non-hydrogen) atoms. The number of hydrogen-bond acceptors (Lipinski definition) is 7. The molecular formula is C32H38B2FNO7. The first-order valence-electron chi connectivity index (χ1n) is 15.1. The van der Waals surface area contributed by atoms with E-state index in [0.717, 1.165) is 34.5 Å². The number of hydrogen-bond donors (Lipinski definition) is 4. The highest BCUT2D eigenvalue weighted by Gasteiger charge is 2.57. The van der Waals surface area contributed by atoms with Gasteiger partial charge in [-0.25, -0.2) is 4.39 Å². The van der Waals surface area contributed by atoms with Crippen LogP contribution in [0.3, 0.4) is 0 Å². The fourth-order valence-electron chi connectivity index (χ4n) is 7.08. The molecule has 8 nitrogen and oxygen atoms in total. The van der Waals surface area contributed by atoms with Crippen LogP contribution >= 0.6 is 0 Å². The summed E-state index contributed by atoms with van der Waals surface area (Å²) < 4.78 is 20.1. The fourth-order valence-corrected chi connectivity index (χ4v) is 7.08. The van der Waals surface area contributed by atoms with Crippen molar-refractivity contribution in [3.8, 4) is 5.75 Å². The van der Waals surface area contributed by atoms with Crippen molar-refractivity contribution in [2.24, 2.45) is 23.7 Å². The lowest BCUT2D eigenvalue weighted by molar-refractivity contribution is -0.122. The average molecular weight is 589 g/mol. The van der Waals surface area contributed by atoms with Crippen LogP contribution < -0.4 is 10.4 Å². The molecule has 0 saturated carbocycles. The SMILES string of the molecule is CCC/C(=C\c1ccc(O)c(F)c1)CC[C@H]1OB(O)C[C@H]2C1=C(C(C)C)C[C@H]1C(=O)N(c3cccc(B(O)O)c3)C(=O)[C@H]12. The van der Waals surface area contributed by atoms with E-state index < -0.39 is 43.7 Å². The third kappa shape index (κ3) is 6.22. The summed E-state index contributed by atoms with van der Waals surface area (Å²) >= 11 is 0. The Hall–Kier alpha value is -3.24. The molecule has 4 N–H and O–H groups in total. The number of carbonyl (C=O) groups excluding carboxylic acids is 2. The lowest BCUT2D eigenvalue weighted by Crippen LogP contribution is -2.46. The first-order valence-corrected chi connectivity index (χ1v) is 15.1. The van der Waals surface area contributed by atoms with Crippen LogP contribution in [0.25, 0.3) is 6.08 Å². The summed E-state index contributed by atoms with van der Waals surface area (Å²) in [5, 5.41) is 39.7. The van der Waals surface area contributed by atoms with Crippen LogP contribution in [-0.4, -0.2) is 52.3 Å². The number of rotatable bonds is 9. The van der Waals surface area contributed by atoms with Crippen molar-refractivity contribution in [2.45, 2.75) is 65.3 Å². The lowest BCUT2D eigenvalue weighted by Gasteiger charge is -2.44. The Kier molecular flexibility index (Phi) is 9.27. The standard InChI is InChI=1S/C32H38B2FNO7/c1-4-6-19(13-20-9-11-27(37)26(35)14-20)10-12-28-29-23(18(2)3)16-24-30(25(29)17-33(40)43-28)32(39)36(31(24)38)22-8-5-7-21(15-22)34(41)42/h5,7-9,11,13-15,18,24-25,28,30,37,40-42H,4,6,10,12,16-17H2,1-3H3/b19-13+/t24-,25+,28-,30-/m1/s1. The molecule has 0 unspecified atom stereocenters. The van der Waals surface area contributed by atoms with Crippen LogP contribution in [0.5, 0.6) is 5.75 Å². The fraction of sp³-hybridized carbons (Fsp3) is 0.438. The van der Waals surface area contributed by atoms with Gasteiger partial charge in [-0.1, -0.05) is 62.6 Å². The van der Waals surface area contributed by atoms with Crippen molar-refractivity contribution in [2.75, 3.05) is 4.90 Å². The Labute approximate surface area is 252 Å². The Morgan fingerprint density at radius 2 is 1.91 bits per heavy atom. The first kappa shape index (κ1) is 31.2. The molecule has 2 aromatic carbocycles. The summed E-state index contributed by atoms with van der Waals surface area (Å²) in [6.07, 6.45) is 4.93. The van der Waals surface area contributed by atoms with Gasteiger partial charge >= 0.3 is 14.2 Å². The highest BCUT2D eigenvalue weighted by Crippen LogP contribution is 2.52. The second-order valence-corrected chi connectivity index (χ2v) is 12.2. The summed E-state index contributed by atoms with van der Waals surface area (Å²) in [7, 11) is -2.83. The van der Waals surface area contributed by atoms with Gasteiger partial charge in [-0.2, -0.15) is 0 Å². The molecule has 0 spiro atoms. The van der Waals surface area contributed by atoms with E-state index in [1.165, 1.54) is 24.3 Å². The number of anilines is 1. The van der Waals surface area contributed by atoms with Gasteiger partial charge in [-0.15, -0.1) is 0 Å². The van der Waals surface area contributed by atoms with E-state index in [-0.39, 0.29) is 35.4 Å². The van der Waals surface area contributed by atoms with Crippen molar-refractivity contribution < 1.29 is 38.8 Å². The Morgan fingerprint density at radius 3 is 2.58 bits per heavy atom. The van der Waals surface area contributed by atoms with Gasteiger partial charge < -0.3 is 24.8 Å². The zero-order valence-electron chi connectivity index (χ0n) is 24.7. The van der Waals surface area contributed by atoms with Gasteiger partial charge in [0.2, 0.25) is 11.8 Å². The maximum absolute atomic E-state index is 14.0. The smallest absolute Gasteiger partial charge is 0.488 e. The summed E-state index contributed by atoms with van der Waals surface area (Å²) in [5.74, 6) is -3.25. The molecule has 2 amide bonds. The highest BCUT2D eigenvalue weighted by atomic mass is 19.1. The van der Waals surface area contributed by atoms with Gasteiger partial charge in [-0.05, 0) is 84.7 Å². The number of imide groups is 1. The van der Waals surface area contributed by atoms with Crippen LogP contribution in [0.15, 0.2) is 59.2 Å². The number of phenols is 1.